The highest BCUT2D eigenvalue weighted by atomic mass is 35.5. The zero-order valence-corrected chi connectivity index (χ0v) is 23.2. The normalized spacial score (nSPS) is 32.7. The summed E-state index contributed by atoms with van der Waals surface area (Å²) in [6.45, 7) is 0. The number of likely N-dealkylation sites (tertiary alicyclic amines) is 1. The Morgan fingerprint density at radius 2 is 1.56 bits per heavy atom. The Bertz CT molecular complexity index is 1740. The number of nitrogens with zero attached hydrogens (tertiary/aromatic N) is 2. The molecule has 0 spiro atoms. The lowest BCUT2D eigenvalue weighted by Crippen LogP contribution is -2.60. The van der Waals surface area contributed by atoms with Crippen molar-refractivity contribution in [3.05, 3.63) is 83.7 Å². The molecule has 2 aliphatic heterocycles. The highest BCUT2D eigenvalue weighted by Crippen LogP contribution is 2.66. The van der Waals surface area contributed by atoms with Gasteiger partial charge in [-0.25, -0.2) is 9.29 Å². The molecule has 208 valence electrons. The number of alkyl halides is 2. The maximum Gasteiger partial charge on any atom is 0.258 e. The van der Waals surface area contributed by atoms with E-state index < -0.39 is 51.1 Å². The summed E-state index contributed by atoms with van der Waals surface area (Å²) in [6.07, 6.45) is 1.98. The minimum absolute atomic E-state index is 0.0233. The summed E-state index contributed by atoms with van der Waals surface area (Å²) >= 11 is 14.7. The van der Waals surface area contributed by atoms with Gasteiger partial charge in [-0.15, -0.1) is 23.2 Å². The van der Waals surface area contributed by atoms with E-state index in [2.05, 4.69) is 0 Å². The Hall–Kier alpha value is -3.75. The van der Waals surface area contributed by atoms with Crippen LogP contribution in [0.25, 0.3) is 10.8 Å². The van der Waals surface area contributed by atoms with Crippen molar-refractivity contribution in [2.75, 3.05) is 11.9 Å². The molecule has 0 aromatic heterocycles. The van der Waals surface area contributed by atoms with Crippen molar-refractivity contribution in [1.29, 1.82) is 0 Å². The lowest BCUT2D eigenvalue weighted by molar-refractivity contribution is -0.138. The first-order chi connectivity index (χ1) is 19.5. The molecule has 4 aliphatic rings. The number of carbonyl (C=O) groups excluding carboxylic acids is 4. The molecule has 41 heavy (non-hydrogen) atoms. The van der Waals surface area contributed by atoms with Gasteiger partial charge in [0.15, 0.2) is 9.75 Å². The quantitative estimate of drug-likeness (QED) is 0.260. The van der Waals surface area contributed by atoms with Gasteiger partial charge in [0, 0.05) is 18.4 Å². The molecular formula is C31H23Cl2FN2O5. The summed E-state index contributed by atoms with van der Waals surface area (Å²) in [7, 11) is 1.44. The van der Waals surface area contributed by atoms with Crippen molar-refractivity contribution in [3.63, 3.8) is 0 Å². The first-order valence-electron chi connectivity index (χ1n) is 13.2. The molecule has 0 bridgehead atoms. The van der Waals surface area contributed by atoms with Crippen molar-refractivity contribution >= 4 is 63.3 Å². The molecule has 2 heterocycles. The summed E-state index contributed by atoms with van der Waals surface area (Å²) in [4.78, 5) is 53.0. The highest BCUT2D eigenvalue weighted by molar-refractivity contribution is 6.58. The van der Waals surface area contributed by atoms with Gasteiger partial charge < -0.3 is 5.11 Å². The minimum atomic E-state index is -2.04. The summed E-state index contributed by atoms with van der Waals surface area (Å²) in [5.74, 6) is -5.73. The Balaban J connectivity index is 1.50. The zero-order valence-electron chi connectivity index (χ0n) is 21.7. The van der Waals surface area contributed by atoms with Crippen LogP contribution >= 0.6 is 23.2 Å². The lowest BCUT2D eigenvalue weighted by Gasteiger charge is -2.51. The van der Waals surface area contributed by atoms with Gasteiger partial charge in [0.2, 0.25) is 11.8 Å². The summed E-state index contributed by atoms with van der Waals surface area (Å²) in [6, 6.07) is 15.1. The zero-order chi connectivity index (χ0) is 29.0. The van der Waals surface area contributed by atoms with Gasteiger partial charge in [-0.1, -0.05) is 42.0 Å². The van der Waals surface area contributed by atoms with E-state index >= 15 is 0 Å². The number of anilines is 1. The van der Waals surface area contributed by atoms with Crippen LogP contribution < -0.4 is 4.90 Å². The fraction of sp³-hybridized carbons (Fsp3) is 0.290. The lowest BCUT2D eigenvalue weighted by atomic mass is 9.56. The minimum Gasteiger partial charge on any atom is -0.507 e. The number of imide groups is 2. The van der Waals surface area contributed by atoms with Gasteiger partial charge in [-0.3, -0.25) is 24.1 Å². The van der Waals surface area contributed by atoms with E-state index in [1.54, 1.807) is 30.3 Å². The molecule has 1 N–H and O–H groups in total. The smallest absolute Gasteiger partial charge is 0.258 e. The fourth-order valence-corrected chi connectivity index (χ4v) is 8.39. The number of carbonyl (C=O) groups is 4. The monoisotopic (exact) mass is 592 g/mol. The highest BCUT2D eigenvalue weighted by Gasteiger charge is 2.76. The first-order valence-corrected chi connectivity index (χ1v) is 14.0. The topological polar surface area (TPSA) is 95.0 Å². The number of phenols is 1. The van der Waals surface area contributed by atoms with Gasteiger partial charge in [0.05, 0.1) is 17.5 Å². The van der Waals surface area contributed by atoms with Crippen LogP contribution in [-0.4, -0.2) is 50.4 Å². The third-order valence-electron chi connectivity index (χ3n) is 9.36. The van der Waals surface area contributed by atoms with Crippen LogP contribution in [0.4, 0.5) is 10.1 Å². The van der Waals surface area contributed by atoms with Crippen LogP contribution in [0.5, 0.6) is 5.75 Å². The van der Waals surface area contributed by atoms with E-state index in [9.17, 15) is 28.7 Å². The number of allylic oxidation sites excluding steroid dienone is 2. The molecule has 3 fully saturated rings. The number of benzene rings is 3. The molecule has 10 heteroatoms. The Morgan fingerprint density at radius 1 is 0.878 bits per heavy atom. The third-order valence-corrected chi connectivity index (χ3v) is 10.8. The number of aromatic hydroxyl groups is 1. The number of halogens is 3. The van der Waals surface area contributed by atoms with Crippen molar-refractivity contribution in [2.24, 2.45) is 17.8 Å². The van der Waals surface area contributed by atoms with Gasteiger partial charge in [0.1, 0.15) is 11.6 Å². The second-order valence-electron chi connectivity index (χ2n) is 11.2. The molecule has 6 unspecified atom stereocenters. The van der Waals surface area contributed by atoms with Crippen molar-refractivity contribution in [2.45, 2.75) is 28.5 Å². The number of rotatable bonds is 2. The number of fused-ring (bicyclic) bond motifs is 5. The second-order valence-corrected chi connectivity index (χ2v) is 12.4. The maximum absolute atomic E-state index is 14.4. The van der Waals surface area contributed by atoms with E-state index in [4.69, 9.17) is 23.2 Å². The van der Waals surface area contributed by atoms with Crippen LogP contribution in [0.3, 0.4) is 0 Å². The van der Waals surface area contributed by atoms with Gasteiger partial charge in [-0.2, -0.15) is 0 Å². The van der Waals surface area contributed by atoms with Crippen molar-refractivity contribution in [3.8, 4) is 5.75 Å². The van der Waals surface area contributed by atoms with E-state index in [1.807, 2.05) is 6.08 Å². The molecule has 2 saturated heterocycles. The third kappa shape index (κ3) is 3.20. The van der Waals surface area contributed by atoms with Crippen molar-refractivity contribution in [1.82, 2.24) is 4.90 Å². The molecule has 7 rings (SSSR count). The summed E-state index contributed by atoms with van der Waals surface area (Å²) in [5, 5.41) is 11.7. The van der Waals surface area contributed by atoms with Gasteiger partial charge in [-0.05, 0) is 60.0 Å². The van der Waals surface area contributed by atoms with E-state index in [0.29, 0.717) is 21.9 Å². The number of phenolic OH excluding ortho intramolecular Hbond substituents is 1. The SMILES string of the molecule is CN1C(=O)C2CC=C3C(CC4(Cl)C(=O)N(c5ccc(F)cc5)C(=O)C4(Cl)C3c3ccc(O)c4ccccc34)C2C1=O. The predicted octanol–water partition coefficient (Wildman–Crippen LogP) is 4.88. The Kier molecular flexibility index (Phi) is 5.51. The molecule has 0 radical (unpaired) electrons. The fourth-order valence-electron chi connectivity index (χ4n) is 7.46. The Morgan fingerprint density at radius 3 is 2.27 bits per heavy atom. The number of hydrogen-bond donors (Lipinski definition) is 1. The van der Waals surface area contributed by atoms with Crippen LogP contribution in [0.2, 0.25) is 0 Å². The average molecular weight is 593 g/mol. The first kappa shape index (κ1) is 26.2. The summed E-state index contributed by atoms with van der Waals surface area (Å²) in [5.41, 5.74) is 1.33. The average Bonchev–Trinajstić information content (AvgIpc) is 3.27. The Labute approximate surface area is 244 Å². The van der Waals surface area contributed by atoms with Crippen LogP contribution in [0, 0.1) is 23.6 Å². The molecule has 1 saturated carbocycles. The molecule has 3 aromatic rings. The molecule has 3 aromatic carbocycles. The molecule has 7 nitrogen and oxygen atoms in total. The van der Waals surface area contributed by atoms with Crippen LogP contribution in [-0.2, 0) is 19.2 Å². The number of amides is 4. The van der Waals surface area contributed by atoms with E-state index in [-0.39, 0.29) is 36.1 Å². The van der Waals surface area contributed by atoms with E-state index in [0.717, 1.165) is 21.9 Å². The molecule has 6 atom stereocenters. The molecule has 2 aliphatic carbocycles. The maximum atomic E-state index is 14.4. The largest absolute Gasteiger partial charge is 0.507 e. The van der Waals surface area contributed by atoms with E-state index in [1.165, 1.54) is 25.2 Å². The summed E-state index contributed by atoms with van der Waals surface area (Å²) < 4.78 is 13.8. The van der Waals surface area contributed by atoms with Crippen LogP contribution in [0.15, 0.2) is 72.3 Å². The second kappa shape index (κ2) is 8.63. The predicted molar refractivity (Wildman–Crippen MR) is 150 cm³/mol. The van der Waals surface area contributed by atoms with Gasteiger partial charge >= 0.3 is 0 Å². The van der Waals surface area contributed by atoms with Crippen LogP contribution in [0.1, 0.15) is 24.3 Å². The van der Waals surface area contributed by atoms with Gasteiger partial charge in [0.25, 0.3) is 11.8 Å². The standard InChI is InChI=1S/C31H23Cl2FN2O5/c1-35-26(38)21-11-10-20-22(24(21)27(35)39)14-30(32)28(40)36(16-8-6-15(34)7-9-16)29(41)31(30,33)25(20)19-12-13-23(37)18-5-3-2-4-17(18)19/h2-10,12-13,21-22,24-25,37H,11,14H2,1H3. The van der Waals surface area contributed by atoms with Crippen molar-refractivity contribution < 1.29 is 28.7 Å². The molecular weight excluding hydrogens is 570 g/mol. The number of hydrogen-bond acceptors (Lipinski definition) is 5. The molecule has 4 amide bonds.